The molecule has 0 radical (unpaired) electrons. The predicted molar refractivity (Wildman–Crippen MR) is 96.8 cm³/mol. The van der Waals surface area contributed by atoms with Crippen LogP contribution in [0.5, 0.6) is 0 Å². The van der Waals surface area contributed by atoms with Gasteiger partial charge in [0.2, 0.25) is 0 Å². The number of nitrogens with zero attached hydrogens (tertiary/aromatic N) is 2. The zero-order valence-electron chi connectivity index (χ0n) is 16.0. The van der Waals surface area contributed by atoms with Crippen LogP contribution < -0.4 is 0 Å². The number of imidazole rings is 1. The molecule has 2 atom stereocenters. The lowest BCUT2D eigenvalue weighted by Crippen LogP contribution is -2.29. The molecule has 0 spiro atoms. The Kier molecular flexibility index (Phi) is 7.44. The minimum Gasteiger partial charge on any atom is -0.390 e. The largest absolute Gasteiger partial charge is 0.390 e. The van der Waals surface area contributed by atoms with Crippen molar-refractivity contribution in [2.24, 2.45) is 0 Å². The molecule has 2 unspecified atom stereocenters. The summed E-state index contributed by atoms with van der Waals surface area (Å²) in [6.07, 6.45) is 8.65. The highest BCUT2D eigenvalue weighted by Crippen LogP contribution is 2.26. The highest BCUT2D eigenvalue weighted by molar-refractivity contribution is 4.89. The Morgan fingerprint density at radius 1 is 0.875 bits per heavy atom. The van der Waals surface area contributed by atoms with Crippen LogP contribution >= 0.6 is 0 Å². The topological polar surface area (TPSA) is 78.5 Å². The monoisotopic (exact) mass is 340 g/mol. The Balaban J connectivity index is 2.29. The average molecular weight is 341 g/mol. The number of aliphatic hydroxyl groups is 3. The van der Waals surface area contributed by atoms with E-state index in [1.54, 1.807) is 20.0 Å². The van der Waals surface area contributed by atoms with Crippen molar-refractivity contribution in [1.82, 2.24) is 9.55 Å². The third-order valence-corrected chi connectivity index (χ3v) is 4.75. The zero-order chi connectivity index (χ0) is 18.4. The van der Waals surface area contributed by atoms with Crippen LogP contribution in [-0.2, 0) is 6.54 Å². The molecule has 1 rings (SSSR count). The van der Waals surface area contributed by atoms with Crippen molar-refractivity contribution < 1.29 is 15.3 Å². The van der Waals surface area contributed by atoms with Crippen LogP contribution in [0.1, 0.15) is 78.5 Å². The second-order valence-corrected chi connectivity index (χ2v) is 8.43. The maximum absolute atomic E-state index is 10.5. The second kappa shape index (κ2) is 8.45. The molecule has 5 nitrogen and oxygen atoms in total. The fourth-order valence-corrected chi connectivity index (χ4v) is 3.00. The fourth-order valence-electron chi connectivity index (χ4n) is 3.00. The number of aromatic nitrogens is 2. The maximum atomic E-state index is 10.5. The van der Waals surface area contributed by atoms with Gasteiger partial charge in [-0.15, -0.1) is 0 Å². The first-order valence-electron chi connectivity index (χ1n) is 9.05. The SMILES string of the molecule is Cc1nccn1CCC(C)(O)CCCC(C)(O)CCCC(C)(C)O. The van der Waals surface area contributed by atoms with Crippen molar-refractivity contribution in [3.8, 4) is 0 Å². The van der Waals surface area contributed by atoms with Crippen LogP contribution in [0.25, 0.3) is 0 Å². The molecule has 0 aromatic carbocycles. The molecule has 0 saturated carbocycles. The van der Waals surface area contributed by atoms with Gasteiger partial charge < -0.3 is 19.9 Å². The Hall–Kier alpha value is -0.910. The molecule has 3 N–H and O–H groups in total. The third-order valence-electron chi connectivity index (χ3n) is 4.75. The molecule has 0 bridgehead atoms. The normalized spacial score (nSPS) is 17.5. The summed E-state index contributed by atoms with van der Waals surface area (Å²) in [4.78, 5) is 4.19. The lowest BCUT2D eigenvalue weighted by molar-refractivity contribution is 0.00521. The molecular weight excluding hydrogens is 304 g/mol. The molecule has 0 fully saturated rings. The molecule has 1 heterocycles. The van der Waals surface area contributed by atoms with E-state index in [1.165, 1.54) is 0 Å². The first kappa shape index (κ1) is 21.1. The Morgan fingerprint density at radius 3 is 1.83 bits per heavy atom. The Morgan fingerprint density at radius 2 is 1.38 bits per heavy atom. The number of rotatable bonds is 11. The summed E-state index contributed by atoms with van der Waals surface area (Å²) >= 11 is 0. The van der Waals surface area contributed by atoms with E-state index < -0.39 is 16.8 Å². The summed E-state index contributed by atoms with van der Waals surface area (Å²) in [5.41, 5.74) is -2.15. The molecule has 0 aliphatic carbocycles. The van der Waals surface area contributed by atoms with E-state index in [0.717, 1.165) is 25.2 Å². The lowest BCUT2D eigenvalue weighted by Gasteiger charge is -2.28. The minimum atomic E-state index is -0.736. The number of aryl methyl sites for hydroxylation is 2. The molecular formula is C19H36N2O3. The van der Waals surface area contributed by atoms with Crippen LogP contribution in [0.15, 0.2) is 12.4 Å². The van der Waals surface area contributed by atoms with Gasteiger partial charge in [-0.05, 0) is 79.6 Å². The van der Waals surface area contributed by atoms with Crippen molar-refractivity contribution in [1.29, 1.82) is 0 Å². The van der Waals surface area contributed by atoms with Crippen LogP contribution in [-0.4, -0.2) is 41.7 Å². The highest BCUT2D eigenvalue weighted by Gasteiger charge is 2.25. The molecule has 0 aliphatic heterocycles. The smallest absolute Gasteiger partial charge is 0.105 e. The summed E-state index contributed by atoms with van der Waals surface area (Å²) in [5.74, 6) is 0.959. The van der Waals surface area contributed by atoms with Gasteiger partial charge in [0.05, 0.1) is 16.8 Å². The standard InChI is InChI=1S/C19H36N2O3/c1-16-20-13-15-21(16)14-12-19(5,24)11-7-10-18(4,23)9-6-8-17(2,3)22/h13,15,22-24H,6-12,14H2,1-5H3. The molecule has 1 aromatic heterocycles. The molecule has 0 aliphatic rings. The van der Waals surface area contributed by atoms with Crippen molar-refractivity contribution in [2.75, 3.05) is 0 Å². The molecule has 24 heavy (non-hydrogen) atoms. The summed E-state index contributed by atoms with van der Waals surface area (Å²) in [6, 6.07) is 0. The predicted octanol–water partition coefficient (Wildman–Crippen LogP) is 3.20. The van der Waals surface area contributed by atoms with Gasteiger partial charge in [-0.3, -0.25) is 0 Å². The molecule has 0 saturated heterocycles. The third kappa shape index (κ3) is 8.81. The highest BCUT2D eigenvalue weighted by atomic mass is 16.3. The van der Waals surface area contributed by atoms with Crippen LogP contribution in [0.4, 0.5) is 0 Å². The van der Waals surface area contributed by atoms with Gasteiger partial charge in [0.25, 0.3) is 0 Å². The van der Waals surface area contributed by atoms with E-state index in [1.807, 2.05) is 31.5 Å². The van der Waals surface area contributed by atoms with E-state index in [-0.39, 0.29) is 0 Å². The van der Waals surface area contributed by atoms with Gasteiger partial charge in [-0.1, -0.05) is 0 Å². The van der Waals surface area contributed by atoms with Crippen molar-refractivity contribution in [3.05, 3.63) is 18.2 Å². The van der Waals surface area contributed by atoms with Crippen molar-refractivity contribution in [3.63, 3.8) is 0 Å². The summed E-state index contributed by atoms with van der Waals surface area (Å²) in [5, 5.41) is 30.7. The molecule has 140 valence electrons. The van der Waals surface area contributed by atoms with E-state index >= 15 is 0 Å². The Bertz CT molecular complexity index is 487. The number of hydrogen-bond donors (Lipinski definition) is 3. The fraction of sp³-hybridized carbons (Fsp3) is 0.842. The van der Waals surface area contributed by atoms with Crippen molar-refractivity contribution >= 4 is 0 Å². The van der Waals surface area contributed by atoms with E-state index in [4.69, 9.17) is 0 Å². The van der Waals surface area contributed by atoms with Gasteiger partial charge in [0.1, 0.15) is 5.82 Å². The molecule has 1 aromatic rings. The first-order valence-corrected chi connectivity index (χ1v) is 9.05. The lowest BCUT2D eigenvalue weighted by atomic mass is 9.87. The van der Waals surface area contributed by atoms with Gasteiger partial charge in [-0.25, -0.2) is 4.98 Å². The minimum absolute atomic E-state index is 0.666. The van der Waals surface area contributed by atoms with Crippen LogP contribution in [0.2, 0.25) is 0 Å². The van der Waals surface area contributed by atoms with Gasteiger partial charge in [-0.2, -0.15) is 0 Å². The Labute approximate surface area is 146 Å². The first-order chi connectivity index (χ1) is 10.9. The number of hydrogen-bond acceptors (Lipinski definition) is 4. The van der Waals surface area contributed by atoms with Crippen LogP contribution in [0.3, 0.4) is 0 Å². The molecule has 0 amide bonds. The van der Waals surface area contributed by atoms with Crippen LogP contribution in [0, 0.1) is 6.92 Å². The zero-order valence-corrected chi connectivity index (χ0v) is 16.0. The summed E-state index contributed by atoms with van der Waals surface area (Å²) in [7, 11) is 0. The summed E-state index contributed by atoms with van der Waals surface area (Å²) in [6.45, 7) is 10.0. The van der Waals surface area contributed by atoms with Gasteiger partial charge >= 0.3 is 0 Å². The maximum Gasteiger partial charge on any atom is 0.105 e. The summed E-state index contributed by atoms with van der Waals surface area (Å²) < 4.78 is 2.04. The van der Waals surface area contributed by atoms with Crippen molar-refractivity contribution in [2.45, 2.75) is 103 Å². The average Bonchev–Trinajstić information content (AvgIpc) is 2.79. The second-order valence-electron chi connectivity index (χ2n) is 8.43. The van der Waals surface area contributed by atoms with E-state index in [2.05, 4.69) is 4.98 Å². The van der Waals surface area contributed by atoms with E-state index in [9.17, 15) is 15.3 Å². The molecule has 5 heteroatoms. The van der Waals surface area contributed by atoms with E-state index in [0.29, 0.717) is 32.1 Å². The quantitative estimate of drug-likeness (QED) is 0.578. The van der Waals surface area contributed by atoms with Gasteiger partial charge in [0.15, 0.2) is 0 Å². The van der Waals surface area contributed by atoms with Gasteiger partial charge in [0, 0.05) is 18.9 Å².